The molecule has 5 nitrogen and oxygen atoms in total. The largest absolute Gasteiger partial charge is 0.384 e. The maximum absolute atomic E-state index is 12.3. The summed E-state index contributed by atoms with van der Waals surface area (Å²) < 4.78 is 10.7. The summed E-state index contributed by atoms with van der Waals surface area (Å²) in [4.78, 5) is 12.3. The molecular weight excluding hydrogens is 244 g/mol. The fraction of sp³-hybridized carbons (Fsp3) is 0.929. The molecule has 1 saturated carbocycles. The monoisotopic (exact) mass is 272 g/mol. The van der Waals surface area contributed by atoms with Crippen molar-refractivity contribution in [1.82, 2.24) is 5.32 Å². The number of nitrogens with two attached hydrogens (primary N) is 1. The van der Waals surface area contributed by atoms with Gasteiger partial charge in [-0.2, -0.15) is 0 Å². The van der Waals surface area contributed by atoms with Crippen LogP contribution in [0.25, 0.3) is 0 Å². The van der Waals surface area contributed by atoms with Crippen molar-refractivity contribution in [2.75, 3.05) is 26.9 Å². The first-order valence-corrected chi connectivity index (χ1v) is 6.97. The van der Waals surface area contributed by atoms with Crippen LogP contribution >= 0.6 is 0 Å². The highest BCUT2D eigenvalue weighted by Crippen LogP contribution is 2.49. The van der Waals surface area contributed by atoms with E-state index in [4.69, 9.17) is 15.2 Å². The van der Waals surface area contributed by atoms with Gasteiger partial charge in [-0.3, -0.25) is 4.79 Å². The van der Waals surface area contributed by atoms with Crippen LogP contribution in [0.5, 0.6) is 0 Å². The Morgan fingerprint density at radius 1 is 1.53 bits per heavy atom. The normalized spacial score (nSPS) is 30.5. The van der Waals surface area contributed by atoms with Crippen LogP contribution in [0.4, 0.5) is 0 Å². The van der Waals surface area contributed by atoms with E-state index in [0.717, 1.165) is 0 Å². The van der Waals surface area contributed by atoms with Crippen LogP contribution in [0.15, 0.2) is 0 Å². The quantitative estimate of drug-likeness (QED) is 0.723. The Labute approximate surface area is 116 Å². The zero-order chi connectivity index (χ0) is 14.7. The van der Waals surface area contributed by atoms with Gasteiger partial charge in [-0.25, -0.2) is 0 Å². The lowest BCUT2D eigenvalue weighted by molar-refractivity contribution is -0.170. The summed E-state index contributed by atoms with van der Waals surface area (Å²) in [5.74, 6) is 0.194. The second-order valence-electron chi connectivity index (χ2n) is 6.11. The summed E-state index contributed by atoms with van der Waals surface area (Å²) in [6, 6.07) is 0. The first kappa shape index (κ1) is 16.4. The molecule has 0 aromatic carbocycles. The Bertz CT molecular complexity index is 320. The van der Waals surface area contributed by atoms with Crippen LogP contribution < -0.4 is 11.1 Å². The first-order chi connectivity index (χ1) is 8.79. The van der Waals surface area contributed by atoms with Gasteiger partial charge in [0, 0.05) is 32.1 Å². The third kappa shape index (κ3) is 3.09. The number of methoxy groups -OCH3 is 1. The molecule has 1 aliphatic carbocycles. The Balaban J connectivity index is 2.53. The van der Waals surface area contributed by atoms with Gasteiger partial charge in [0.1, 0.15) is 5.54 Å². The summed E-state index contributed by atoms with van der Waals surface area (Å²) in [6.45, 7) is 9.84. The number of nitrogens with one attached hydrogen (secondary N) is 1. The van der Waals surface area contributed by atoms with Crippen LogP contribution in [0.3, 0.4) is 0 Å². The summed E-state index contributed by atoms with van der Waals surface area (Å²) in [6.07, 6.45) is 0.642. The Morgan fingerprint density at radius 3 is 2.63 bits per heavy atom. The second-order valence-corrected chi connectivity index (χ2v) is 6.11. The first-order valence-electron chi connectivity index (χ1n) is 6.97. The van der Waals surface area contributed by atoms with Gasteiger partial charge in [0.05, 0.1) is 12.7 Å². The molecule has 0 spiro atoms. The number of hydrogen-bond donors (Lipinski definition) is 2. The van der Waals surface area contributed by atoms with Gasteiger partial charge in [0.2, 0.25) is 5.91 Å². The van der Waals surface area contributed by atoms with Gasteiger partial charge >= 0.3 is 0 Å². The molecule has 1 rings (SSSR count). The Kier molecular flexibility index (Phi) is 5.35. The zero-order valence-corrected chi connectivity index (χ0v) is 12.8. The van der Waals surface area contributed by atoms with Gasteiger partial charge in [0.25, 0.3) is 0 Å². The molecular formula is C14H28N2O3. The van der Waals surface area contributed by atoms with E-state index in [9.17, 15) is 4.79 Å². The van der Waals surface area contributed by atoms with E-state index in [1.807, 2.05) is 27.7 Å². The van der Waals surface area contributed by atoms with Crippen LogP contribution in [0.1, 0.15) is 34.1 Å². The number of carbonyl (C=O) groups excluding carboxylic acids is 1. The molecule has 1 amide bonds. The van der Waals surface area contributed by atoms with Crippen molar-refractivity contribution in [3.05, 3.63) is 0 Å². The smallest absolute Gasteiger partial charge is 0.240 e. The molecule has 3 atom stereocenters. The SMILES string of the molecule is CCOC1CC(N)(C(=O)NCC(C)COC)C1(C)C. The molecule has 19 heavy (non-hydrogen) atoms. The van der Waals surface area contributed by atoms with Crippen LogP contribution in [0.2, 0.25) is 0 Å². The number of ether oxygens (including phenoxy) is 2. The highest BCUT2D eigenvalue weighted by atomic mass is 16.5. The van der Waals surface area contributed by atoms with E-state index in [-0.39, 0.29) is 23.3 Å². The van der Waals surface area contributed by atoms with E-state index in [0.29, 0.717) is 26.2 Å². The van der Waals surface area contributed by atoms with Crippen molar-refractivity contribution < 1.29 is 14.3 Å². The predicted octanol–water partition coefficient (Wildman–Crippen LogP) is 0.918. The van der Waals surface area contributed by atoms with Gasteiger partial charge in [0.15, 0.2) is 0 Å². The molecule has 3 N–H and O–H groups in total. The molecule has 112 valence electrons. The van der Waals surface area contributed by atoms with Gasteiger partial charge < -0.3 is 20.5 Å². The third-order valence-electron chi connectivity index (χ3n) is 4.30. The van der Waals surface area contributed by atoms with Crippen LogP contribution in [-0.4, -0.2) is 44.4 Å². The van der Waals surface area contributed by atoms with Crippen molar-refractivity contribution in [3.63, 3.8) is 0 Å². The second kappa shape index (κ2) is 6.20. The van der Waals surface area contributed by atoms with Crippen molar-refractivity contribution in [2.24, 2.45) is 17.1 Å². The van der Waals surface area contributed by atoms with Gasteiger partial charge in [-0.05, 0) is 12.8 Å². The van der Waals surface area contributed by atoms with Crippen molar-refractivity contribution >= 4 is 5.91 Å². The lowest BCUT2D eigenvalue weighted by Crippen LogP contribution is -2.75. The van der Waals surface area contributed by atoms with E-state index in [1.54, 1.807) is 7.11 Å². The maximum atomic E-state index is 12.3. The molecule has 0 saturated heterocycles. The highest BCUT2D eigenvalue weighted by Gasteiger charge is 2.62. The summed E-state index contributed by atoms with van der Waals surface area (Å²) in [7, 11) is 1.66. The van der Waals surface area contributed by atoms with Crippen molar-refractivity contribution in [1.29, 1.82) is 0 Å². The fourth-order valence-corrected chi connectivity index (χ4v) is 2.59. The molecule has 3 unspecified atom stereocenters. The van der Waals surface area contributed by atoms with Gasteiger partial charge in [-0.15, -0.1) is 0 Å². The number of amides is 1. The molecule has 1 aliphatic rings. The van der Waals surface area contributed by atoms with Crippen LogP contribution in [-0.2, 0) is 14.3 Å². The lowest BCUT2D eigenvalue weighted by Gasteiger charge is -2.57. The summed E-state index contributed by atoms with van der Waals surface area (Å²) in [5.41, 5.74) is 5.11. The van der Waals surface area contributed by atoms with E-state index in [2.05, 4.69) is 5.32 Å². The number of carbonyl (C=O) groups is 1. The highest BCUT2D eigenvalue weighted by molar-refractivity contribution is 5.88. The Hall–Kier alpha value is -0.650. The molecule has 0 heterocycles. The number of rotatable bonds is 7. The molecule has 0 aromatic rings. The topological polar surface area (TPSA) is 73.6 Å². The summed E-state index contributed by atoms with van der Waals surface area (Å²) >= 11 is 0. The zero-order valence-electron chi connectivity index (χ0n) is 12.8. The van der Waals surface area contributed by atoms with E-state index < -0.39 is 5.54 Å². The molecule has 1 fully saturated rings. The minimum atomic E-state index is -0.834. The van der Waals surface area contributed by atoms with Crippen molar-refractivity contribution in [2.45, 2.75) is 45.8 Å². The summed E-state index contributed by atoms with van der Waals surface area (Å²) in [5, 5.41) is 2.93. The lowest BCUT2D eigenvalue weighted by atomic mass is 9.54. The molecule has 0 aromatic heterocycles. The average Bonchev–Trinajstić information content (AvgIpc) is 2.35. The maximum Gasteiger partial charge on any atom is 0.240 e. The van der Waals surface area contributed by atoms with E-state index in [1.165, 1.54) is 0 Å². The van der Waals surface area contributed by atoms with E-state index >= 15 is 0 Å². The molecule has 0 bridgehead atoms. The predicted molar refractivity (Wildman–Crippen MR) is 74.8 cm³/mol. The average molecular weight is 272 g/mol. The van der Waals surface area contributed by atoms with Gasteiger partial charge in [-0.1, -0.05) is 20.8 Å². The third-order valence-corrected chi connectivity index (χ3v) is 4.30. The van der Waals surface area contributed by atoms with Crippen LogP contribution in [0, 0.1) is 11.3 Å². The number of hydrogen-bond acceptors (Lipinski definition) is 4. The van der Waals surface area contributed by atoms with Crippen molar-refractivity contribution in [3.8, 4) is 0 Å². The molecule has 0 aliphatic heterocycles. The minimum absolute atomic E-state index is 0.0599. The molecule has 0 radical (unpaired) electrons. The standard InChI is InChI=1S/C14H28N2O3/c1-6-19-11-7-14(15,13(11,3)4)12(17)16-8-10(2)9-18-5/h10-11H,6-9,15H2,1-5H3,(H,16,17). The minimum Gasteiger partial charge on any atom is -0.384 e. The molecule has 5 heteroatoms. The fourth-order valence-electron chi connectivity index (χ4n) is 2.59. The Morgan fingerprint density at radius 2 is 2.16 bits per heavy atom.